The second-order valence-corrected chi connectivity index (χ2v) is 6.88. The van der Waals surface area contributed by atoms with Crippen LogP contribution in [-0.4, -0.2) is 25.2 Å². The molecule has 1 aliphatic carbocycles. The van der Waals surface area contributed by atoms with E-state index >= 15 is 0 Å². The Morgan fingerprint density at radius 1 is 0.923 bits per heavy atom. The van der Waals surface area contributed by atoms with Crippen molar-refractivity contribution in [1.29, 1.82) is 0 Å². The maximum absolute atomic E-state index is 12.3. The molecule has 26 heavy (non-hydrogen) atoms. The van der Waals surface area contributed by atoms with Gasteiger partial charge >= 0.3 is 11.9 Å². The van der Waals surface area contributed by atoms with Crippen LogP contribution in [0.25, 0.3) is 10.8 Å². The molecule has 3 rings (SSSR count). The zero-order valence-electron chi connectivity index (χ0n) is 14.9. The SMILES string of the molecule is C=CC(=O)OCC1CCC(COC(=O)c2ccc3ccccc3c2)CC1. The number of hydrogen-bond donors (Lipinski definition) is 0. The van der Waals surface area contributed by atoms with Gasteiger partial charge in [0.15, 0.2) is 0 Å². The van der Waals surface area contributed by atoms with Gasteiger partial charge in [-0.1, -0.05) is 36.9 Å². The number of carbonyl (C=O) groups is 2. The summed E-state index contributed by atoms with van der Waals surface area (Å²) in [6.07, 6.45) is 5.14. The second-order valence-electron chi connectivity index (χ2n) is 6.88. The van der Waals surface area contributed by atoms with Crippen molar-refractivity contribution in [3.05, 3.63) is 60.7 Å². The molecule has 0 radical (unpaired) electrons. The van der Waals surface area contributed by atoms with E-state index in [1.165, 1.54) is 6.08 Å². The lowest BCUT2D eigenvalue weighted by atomic mass is 9.83. The number of rotatable bonds is 6. The van der Waals surface area contributed by atoms with E-state index in [1.807, 2.05) is 42.5 Å². The highest BCUT2D eigenvalue weighted by molar-refractivity contribution is 5.95. The molecule has 0 saturated heterocycles. The van der Waals surface area contributed by atoms with Gasteiger partial charge in [0, 0.05) is 6.08 Å². The minimum absolute atomic E-state index is 0.266. The van der Waals surface area contributed by atoms with E-state index < -0.39 is 0 Å². The molecule has 0 N–H and O–H groups in total. The number of carbonyl (C=O) groups excluding carboxylic acids is 2. The minimum atomic E-state index is -0.364. The van der Waals surface area contributed by atoms with Crippen LogP contribution in [0.5, 0.6) is 0 Å². The predicted molar refractivity (Wildman–Crippen MR) is 101 cm³/mol. The molecule has 136 valence electrons. The molecule has 2 aromatic carbocycles. The van der Waals surface area contributed by atoms with Gasteiger partial charge in [0.1, 0.15) is 0 Å². The Morgan fingerprint density at radius 3 is 2.19 bits per heavy atom. The molecule has 4 nitrogen and oxygen atoms in total. The van der Waals surface area contributed by atoms with Crippen LogP contribution in [0.2, 0.25) is 0 Å². The maximum atomic E-state index is 12.3. The molecule has 1 saturated carbocycles. The third kappa shape index (κ3) is 4.72. The minimum Gasteiger partial charge on any atom is -0.462 e. The fourth-order valence-corrected chi connectivity index (χ4v) is 3.42. The third-order valence-electron chi connectivity index (χ3n) is 5.03. The molecule has 0 aromatic heterocycles. The maximum Gasteiger partial charge on any atom is 0.338 e. The van der Waals surface area contributed by atoms with Gasteiger partial charge in [-0.15, -0.1) is 0 Å². The highest BCUT2D eigenvalue weighted by Crippen LogP contribution is 2.29. The lowest BCUT2D eigenvalue weighted by Gasteiger charge is -2.27. The molecular weight excluding hydrogens is 328 g/mol. The number of esters is 2. The molecular formula is C22H24O4. The molecule has 1 aliphatic rings. The van der Waals surface area contributed by atoms with Gasteiger partial charge in [0.2, 0.25) is 0 Å². The molecule has 0 atom stereocenters. The van der Waals surface area contributed by atoms with Crippen molar-refractivity contribution in [2.24, 2.45) is 11.8 Å². The molecule has 0 heterocycles. The Hall–Kier alpha value is -2.62. The van der Waals surface area contributed by atoms with E-state index in [1.54, 1.807) is 0 Å². The van der Waals surface area contributed by atoms with Crippen molar-refractivity contribution in [3.63, 3.8) is 0 Å². The average Bonchev–Trinajstić information content (AvgIpc) is 2.70. The van der Waals surface area contributed by atoms with Crippen LogP contribution in [0.1, 0.15) is 36.0 Å². The molecule has 0 amide bonds. The number of fused-ring (bicyclic) bond motifs is 1. The largest absolute Gasteiger partial charge is 0.462 e. The van der Waals surface area contributed by atoms with E-state index in [9.17, 15) is 9.59 Å². The third-order valence-corrected chi connectivity index (χ3v) is 5.03. The number of hydrogen-bond acceptors (Lipinski definition) is 4. The van der Waals surface area contributed by atoms with Crippen molar-refractivity contribution >= 4 is 22.7 Å². The topological polar surface area (TPSA) is 52.6 Å². The van der Waals surface area contributed by atoms with Crippen LogP contribution in [0.4, 0.5) is 0 Å². The van der Waals surface area contributed by atoms with Crippen LogP contribution in [-0.2, 0) is 14.3 Å². The molecule has 0 unspecified atom stereocenters. The molecule has 0 bridgehead atoms. The summed E-state index contributed by atoms with van der Waals surface area (Å²) in [4.78, 5) is 23.4. The fourth-order valence-electron chi connectivity index (χ4n) is 3.42. The van der Waals surface area contributed by atoms with Crippen LogP contribution in [0.3, 0.4) is 0 Å². The molecule has 2 aromatic rings. The summed E-state index contributed by atoms with van der Waals surface area (Å²) >= 11 is 0. The quantitative estimate of drug-likeness (QED) is 0.566. The number of ether oxygens (including phenoxy) is 2. The first-order valence-electron chi connectivity index (χ1n) is 9.11. The number of benzene rings is 2. The summed E-state index contributed by atoms with van der Waals surface area (Å²) in [5.41, 5.74) is 0.591. The summed E-state index contributed by atoms with van der Waals surface area (Å²) in [5.74, 6) is 0.145. The van der Waals surface area contributed by atoms with Gasteiger partial charge < -0.3 is 9.47 Å². The van der Waals surface area contributed by atoms with E-state index in [0.717, 1.165) is 36.5 Å². The van der Waals surface area contributed by atoms with Gasteiger partial charge in [-0.05, 0) is 60.4 Å². The molecule has 1 fully saturated rings. The van der Waals surface area contributed by atoms with Crippen LogP contribution >= 0.6 is 0 Å². The van der Waals surface area contributed by atoms with E-state index in [4.69, 9.17) is 9.47 Å². The summed E-state index contributed by atoms with van der Waals surface area (Å²) < 4.78 is 10.6. The smallest absolute Gasteiger partial charge is 0.338 e. The Labute approximate surface area is 153 Å². The van der Waals surface area contributed by atoms with E-state index in [0.29, 0.717) is 30.6 Å². The lowest BCUT2D eigenvalue weighted by molar-refractivity contribution is -0.139. The van der Waals surface area contributed by atoms with Gasteiger partial charge in [0.05, 0.1) is 18.8 Å². The zero-order valence-corrected chi connectivity index (χ0v) is 14.9. The summed E-state index contributed by atoms with van der Waals surface area (Å²) in [7, 11) is 0. The van der Waals surface area contributed by atoms with Crippen molar-refractivity contribution in [1.82, 2.24) is 0 Å². The fraction of sp³-hybridized carbons (Fsp3) is 0.364. The average molecular weight is 352 g/mol. The van der Waals surface area contributed by atoms with Gasteiger partial charge in [-0.2, -0.15) is 0 Å². The predicted octanol–water partition coefficient (Wildman–Crippen LogP) is 4.53. The first-order chi connectivity index (χ1) is 12.7. The Morgan fingerprint density at radius 2 is 1.54 bits per heavy atom. The van der Waals surface area contributed by atoms with Gasteiger partial charge in [0.25, 0.3) is 0 Å². The molecule has 4 heteroatoms. The second kappa shape index (κ2) is 8.65. The summed E-state index contributed by atoms with van der Waals surface area (Å²) in [5, 5.41) is 2.15. The summed E-state index contributed by atoms with van der Waals surface area (Å²) in [6, 6.07) is 13.6. The summed E-state index contributed by atoms with van der Waals surface area (Å²) in [6.45, 7) is 4.30. The van der Waals surface area contributed by atoms with Crippen molar-refractivity contribution in [2.75, 3.05) is 13.2 Å². The normalized spacial score (nSPS) is 19.7. The zero-order chi connectivity index (χ0) is 18.4. The van der Waals surface area contributed by atoms with Crippen molar-refractivity contribution in [3.8, 4) is 0 Å². The Kier molecular flexibility index (Phi) is 6.05. The first-order valence-corrected chi connectivity index (χ1v) is 9.11. The highest BCUT2D eigenvalue weighted by Gasteiger charge is 2.23. The Bertz CT molecular complexity index is 788. The van der Waals surface area contributed by atoms with E-state index in [-0.39, 0.29) is 11.9 Å². The van der Waals surface area contributed by atoms with Crippen molar-refractivity contribution < 1.29 is 19.1 Å². The monoisotopic (exact) mass is 352 g/mol. The standard InChI is InChI=1S/C22H24O4/c1-2-21(23)25-14-16-7-9-17(10-8-16)15-26-22(24)20-12-11-18-5-3-4-6-19(18)13-20/h2-6,11-13,16-17H,1,7-10,14-15H2. The van der Waals surface area contributed by atoms with Gasteiger partial charge in [-0.25, -0.2) is 9.59 Å². The molecule has 0 aliphatic heterocycles. The highest BCUT2D eigenvalue weighted by atomic mass is 16.5. The van der Waals surface area contributed by atoms with Crippen LogP contribution in [0, 0.1) is 11.8 Å². The van der Waals surface area contributed by atoms with Crippen LogP contribution < -0.4 is 0 Å². The van der Waals surface area contributed by atoms with E-state index in [2.05, 4.69) is 6.58 Å². The lowest BCUT2D eigenvalue weighted by Crippen LogP contribution is -2.23. The van der Waals surface area contributed by atoms with Crippen LogP contribution in [0.15, 0.2) is 55.1 Å². The Balaban J connectivity index is 1.45. The van der Waals surface area contributed by atoms with Gasteiger partial charge in [-0.3, -0.25) is 0 Å². The van der Waals surface area contributed by atoms with Crippen molar-refractivity contribution in [2.45, 2.75) is 25.7 Å². The first kappa shape index (κ1) is 18.2. The molecule has 0 spiro atoms.